The quantitative estimate of drug-likeness (QED) is 0.569. The van der Waals surface area contributed by atoms with Gasteiger partial charge in [0.25, 0.3) is 5.91 Å². The van der Waals surface area contributed by atoms with E-state index in [9.17, 15) is 14.4 Å². The highest BCUT2D eigenvalue weighted by molar-refractivity contribution is 5.92. The normalized spacial score (nSPS) is 30.3. The number of carboxylic acid groups (broad SMARTS) is 1. The summed E-state index contributed by atoms with van der Waals surface area (Å²) >= 11 is 0. The van der Waals surface area contributed by atoms with Crippen LogP contribution in [0, 0.1) is 0 Å². The van der Waals surface area contributed by atoms with E-state index in [-0.39, 0.29) is 31.7 Å². The van der Waals surface area contributed by atoms with Crippen LogP contribution in [0.1, 0.15) is 19.3 Å². The van der Waals surface area contributed by atoms with Crippen molar-refractivity contribution in [1.29, 1.82) is 0 Å². The minimum absolute atomic E-state index is 0.190. The first kappa shape index (κ1) is 10.9. The zero-order valence-corrected chi connectivity index (χ0v) is 8.63. The van der Waals surface area contributed by atoms with Gasteiger partial charge in [0, 0.05) is 19.4 Å². The van der Waals surface area contributed by atoms with Gasteiger partial charge in [-0.3, -0.25) is 14.6 Å². The highest BCUT2D eigenvalue weighted by atomic mass is 16.4. The van der Waals surface area contributed by atoms with E-state index in [4.69, 9.17) is 10.8 Å². The molecule has 16 heavy (non-hydrogen) atoms. The van der Waals surface area contributed by atoms with Crippen LogP contribution in [0.2, 0.25) is 0 Å². The number of amides is 2. The van der Waals surface area contributed by atoms with Gasteiger partial charge in [0.15, 0.2) is 6.04 Å². The highest BCUT2D eigenvalue weighted by Gasteiger charge is 2.45. The van der Waals surface area contributed by atoms with Crippen LogP contribution in [0.5, 0.6) is 0 Å². The molecule has 2 rings (SSSR count). The highest BCUT2D eigenvalue weighted by Crippen LogP contribution is 2.24. The smallest absolute Gasteiger partial charge is 0.328 e. The summed E-state index contributed by atoms with van der Waals surface area (Å²) in [5.41, 5.74) is 5.60. The third-order valence-electron chi connectivity index (χ3n) is 2.95. The topological polar surface area (TPSA) is 104 Å². The molecule has 7 nitrogen and oxygen atoms in total. The Hall–Kier alpha value is -1.63. The second-order valence-electron chi connectivity index (χ2n) is 3.99. The number of hydrazine groups is 1. The van der Waals surface area contributed by atoms with Crippen LogP contribution >= 0.6 is 0 Å². The summed E-state index contributed by atoms with van der Waals surface area (Å²) in [4.78, 5) is 34.4. The molecule has 0 aromatic heterocycles. The molecule has 0 saturated carbocycles. The molecular formula is C9H13N3O4. The first-order chi connectivity index (χ1) is 7.52. The summed E-state index contributed by atoms with van der Waals surface area (Å²) in [6, 6.07) is -1.74. The molecular weight excluding hydrogens is 214 g/mol. The van der Waals surface area contributed by atoms with E-state index in [1.54, 1.807) is 0 Å². The third-order valence-corrected chi connectivity index (χ3v) is 2.95. The van der Waals surface area contributed by atoms with Crippen LogP contribution in [-0.2, 0) is 14.4 Å². The maximum absolute atomic E-state index is 11.8. The van der Waals surface area contributed by atoms with Crippen molar-refractivity contribution in [3.8, 4) is 0 Å². The Morgan fingerprint density at radius 1 is 1.38 bits per heavy atom. The van der Waals surface area contributed by atoms with Gasteiger partial charge >= 0.3 is 5.97 Å². The number of aliphatic carboxylic acids is 1. The van der Waals surface area contributed by atoms with Gasteiger partial charge in [0.05, 0.1) is 6.04 Å². The number of nitrogens with two attached hydrogens (primary N) is 1. The number of nitrogens with zero attached hydrogens (tertiary/aromatic N) is 2. The number of hydrogen-bond acceptors (Lipinski definition) is 4. The Kier molecular flexibility index (Phi) is 2.55. The molecule has 88 valence electrons. The molecule has 0 radical (unpaired) electrons. The Labute approximate surface area is 91.8 Å². The monoisotopic (exact) mass is 227 g/mol. The van der Waals surface area contributed by atoms with Crippen molar-refractivity contribution in [2.24, 2.45) is 5.73 Å². The van der Waals surface area contributed by atoms with Crippen LogP contribution in [0.15, 0.2) is 0 Å². The minimum atomic E-state index is -1.10. The lowest BCUT2D eigenvalue weighted by molar-refractivity contribution is -0.165. The number of hydrogen-bond donors (Lipinski definition) is 2. The van der Waals surface area contributed by atoms with E-state index in [1.165, 1.54) is 5.01 Å². The summed E-state index contributed by atoms with van der Waals surface area (Å²) in [6.45, 7) is 0.272. The van der Waals surface area contributed by atoms with Gasteiger partial charge in [0.2, 0.25) is 5.91 Å². The van der Waals surface area contributed by atoms with Crippen molar-refractivity contribution < 1.29 is 19.5 Å². The molecule has 0 aromatic carbocycles. The van der Waals surface area contributed by atoms with Crippen molar-refractivity contribution in [1.82, 2.24) is 10.0 Å². The van der Waals surface area contributed by atoms with E-state index in [0.717, 1.165) is 5.01 Å². The SMILES string of the molecule is NC1CCC(=O)N2CC[C@@H](C(=O)O)N2C1=O. The third kappa shape index (κ3) is 1.53. The van der Waals surface area contributed by atoms with Crippen LogP contribution < -0.4 is 5.73 Å². The molecule has 1 unspecified atom stereocenters. The lowest BCUT2D eigenvalue weighted by Gasteiger charge is -2.29. The summed E-state index contributed by atoms with van der Waals surface area (Å²) in [6.07, 6.45) is 0.728. The molecule has 0 bridgehead atoms. The van der Waals surface area contributed by atoms with Gasteiger partial charge in [-0.2, -0.15) is 0 Å². The van der Waals surface area contributed by atoms with Gasteiger partial charge in [0.1, 0.15) is 0 Å². The number of fused-ring (bicyclic) bond motifs is 1. The maximum atomic E-state index is 11.8. The van der Waals surface area contributed by atoms with Crippen molar-refractivity contribution in [3.63, 3.8) is 0 Å². The molecule has 2 atom stereocenters. The fourth-order valence-corrected chi connectivity index (χ4v) is 2.09. The predicted molar refractivity (Wildman–Crippen MR) is 51.8 cm³/mol. The first-order valence-electron chi connectivity index (χ1n) is 5.14. The van der Waals surface area contributed by atoms with Crippen molar-refractivity contribution >= 4 is 17.8 Å². The standard InChI is InChI=1S/C9H13N3O4/c10-5-1-2-7(13)11-4-3-6(9(15)16)12(11)8(5)14/h5-6H,1-4,10H2,(H,15,16)/t5?,6-/m0/s1. The molecule has 0 spiro atoms. The number of carboxylic acids is 1. The minimum Gasteiger partial charge on any atom is -0.480 e. The van der Waals surface area contributed by atoms with Crippen LogP contribution in [-0.4, -0.2) is 51.5 Å². The summed E-state index contributed by atoms with van der Waals surface area (Å²) < 4.78 is 0. The molecule has 2 amide bonds. The van der Waals surface area contributed by atoms with Crippen LogP contribution in [0.4, 0.5) is 0 Å². The van der Waals surface area contributed by atoms with Gasteiger partial charge in [-0.1, -0.05) is 0 Å². The summed E-state index contributed by atoms with van der Waals surface area (Å²) in [5.74, 6) is -1.81. The molecule has 2 heterocycles. The largest absolute Gasteiger partial charge is 0.480 e. The second-order valence-corrected chi connectivity index (χ2v) is 3.99. The molecule has 2 saturated heterocycles. The molecule has 2 fully saturated rings. The van der Waals surface area contributed by atoms with E-state index < -0.39 is 24.0 Å². The molecule has 7 heteroatoms. The van der Waals surface area contributed by atoms with Crippen LogP contribution in [0.3, 0.4) is 0 Å². The second kappa shape index (κ2) is 3.75. The summed E-state index contributed by atoms with van der Waals surface area (Å²) in [5, 5.41) is 11.2. The van der Waals surface area contributed by atoms with Crippen molar-refractivity contribution in [2.45, 2.75) is 31.3 Å². The Balaban J connectivity index is 2.32. The zero-order chi connectivity index (χ0) is 11.9. The first-order valence-corrected chi connectivity index (χ1v) is 5.14. The molecule has 0 aliphatic carbocycles. The molecule has 0 aromatic rings. The van der Waals surface area contributed by atoms with Crippen LogP contribution in [0.25, 0.3) is 0 Å². The Morgan fingerprint density at radius 2 is 2.06 bits per heavy atom. The zero-order valence-electron chi connectivity index (χ0n) is 8.63. The van der Waals surface area contributed by atoms with Gasteiger partial charge < -0.3 is 10.8 Å². The number of rotatable bonds is 1. The molecule has 3 N–H and O–H groups in total. The predicted octanol–water partition coefficient (Wildman–Crippen LogP) is -1.46. The Morgan fingerprint density at radius 3 is 2.69 bits per heavy atom. The molecule has 2 aliphatic rings. The van der Waals surface area contributed by atoms with Crippen molar-refractivity contribution in [2.75, 3.05) is 6.54 Å². The fraction of sp³-hybridized carbons (Fsp3) is 0.667. The average Bonchev–Trinajstić information content (AvgIpc) is 2.64. The molecule has 2 aliphatic heterocycles. The fourth-order valence-electron chi connectivity index (χ4n) is 2.09. The Bertz CT molecular complexity index is 357. The lowest BCUT2D eigenvalue weighted by atomic mass is 10.1. The van der Waals surface area contributed by atoms with Gasteiger partial charge in [-0.15, -0.1) is 0 Å². The van der Waals surface area contributed by atoms with E-state index in [1.807, 2.05) is 0 Å². The van der Waals surface area contributed by atoms with Gasteiger partial charge in [-0.25, -0.2) is 9.80 Å². The average molecular weight is 227 g/mol. The summed E-state index contributed by atoms with van der Waals surface area (Å²) in [7, 11) is 0. The van der Waals surface area contributed by atoms with E-state index in [0.29, 0.717) is 0 Å². The van der Waals surface area contributed by atoms with Crippen molar-refractivity contribution in [3.05, 3.63) is 0 Å². The van der Waals surface area contributed by atoms with E-state index >= 15 is 0 Å². The number of carbonyl (C=O) groups excluding carboxylic acids is 2. The lowest BCUT2D eigenvalue weighted by Crippen LogP contribution is -2.53. The number of carbonyl (C=O) groups is 3. The van der Waals surface area contributed by atoms with E-state index in [2.05, 4.69) is 0 Å². The van der Waals surface area contributed by atoms with Gasteiger partial charge in [-0.05, 0) is 6.42 Å². The maximum Gasteiger partial charge on any atom is 0.328 e.